The molecule has 0 spiro atoms. The molecule has 1 aliphatic heterocycles. The second-order valence-corrected chi connectivity index (χ2v) is 8.22. The number of carboxylic acid groups (broad SMARTS) is 1. The molecule has 6 nitrogen and oxygen atoms in total. The Morgan fingerprint density at radius 2 is 1.85 bits per heavy atom. The SMILES string of the molecule is O=C(O)CN(CC1CC1)C1CC(NC2CCN(c3ccncc3)CC2)C1. The second-order valence-electron chi connectivity index (χ2n) is 8.22. The summed E-state index contributed by atoms with van der Waals surface area (Å²) in [6.45, 7) is 3.36. The molecule has 2 saturated carbocycles. The molecule has 0 unspecified atom stereocenters. The fraction of sp³-hybridized carbons (Fsp3) is 0.700. The monoisotopic (exact) mass is 358 g/mol. The number of carboxylic acids is 1. The van der Waals surface area contributed by atoms with Gasteiger partial charge >= 0.3 is 5.97 Å². The molecule has 0 amide bonds. The first-order valence-corrected chi connectivity index (χ1v) is 10.0. The lowest BCUT2D eigenvalue weighted by Gasteiger charge is -2.45. The first-order chi connectivity index (χ1) is 12.7. The first-order valence-electron chi connectivity index (χ1n) is 10.0. The summed E-state index contributed by atoms with van der Waals surface area (Å²) in [6.07, 6.45) is 10.8. The van der Waals surface area contributed by atoms with E-state index in [0.717, 1.165) is 38.4 Å². The van der Waals surface area contributed by atoms with Crippen molar-refractivity contribution in [2.45, 2.75) is 56.7 Å². The maximum atomic E-state index is 11.1. The molecule has 1 aromatic heterocycles. The van der Waals surface area contributed by atoms with E-state index in [4.69, 9.17) is 5.11 Å². The van der Waals surface area contributed by atoms with Crippen LogP contribution in [0.25, 0.3) is 0 Å². The molecule has 3 fully saturated rings. The predicted octanol–water partition coefficient (Wildman–Crippen LogP) is 1.97. The number of anilines is 1. The van der Waals surface area contributed by atoms with Crippen LogP contribution in [0.5, 0.6) is 0 Å². The number of nitrogens with zero attached hydrogens (tertiary/aromatic N) is 3. The smallest absolute Gasteiger partial charge is 0.317 e. The summed E-state index contributed by atoms with van der Waals surface area (Å²) in [4.78, 5) is 19.9. The Kier molecular flexibility index (Phi) is 5.41. The average Bonchev–Trinajstić information content (AvgIpc) is 3.42. The topological polar surface area (TPSA) is 68.7 Å². The Morgan fingerprint density at radius 3 is 2.46 bits per heavy atom. The van der Waals surface area contributed by atoms with Gasteiger partial charge in [-0.15, -0.1) is 0 Å². The highest BCUT2D eigenvalue weighted by Crippen LogP contribution is 2.34. The normalized spacial score (nSPS) is 26.7. The quantitative estimate of drug-likeness (QED) is 0.740. The van der Waals surface area contributed by atoms with Crippen LogP contribution in [0.15, 0.2) is 24.5 Å². The third-order valence-corrected chi connectivity index (χ3v) is 6.15. The van der Waals surface area contributed by atoms with Crippen LogP contribution >= 0.6 is 0 Å². The number of hydrogen-bond donors (Lipinski definition) is 2. The van der Waals surface area contributed by atoms with Crippen molar-refractivity contribution in [1.82, 2.24) is 15.2 Å². The predicted molar refractivity (Wildman–Crippen MR) is 101 cm³/mol. The summed E-state index contributed by atoms with van der Waals surface area (Å²) in [5.41, 5.74) is 1.27. The summed E-state index contributed by atoms with van der Waals surface area (Å²) < 4.78 is 0. The van der Waals surface area contributed by atoms with Crippen LogP contribution in [0.3, 0.4) is 0 Å². The van der Waals surface area contributed by atoms with Crippen molar-refractivity contribution in [3.05, 3.63) is 24.5 Å². The van der Waals surface area contributed by atoms with Gasteiger partial charge in [-0.25, -0.2) is 0 Å². The fourth-order valence-electron chi connectivity index (χ4n) is 4.36. The van der Waals surface area contributed by atoms with Gasteiger partial charge in [0.25, 0.3) is 0 Å². The van der Waals surface area contributed by atoms with E-state index in [-0.39, 0.29) is 6.54 Å². The third-order valence-electron chi connectivity index (χ3n) is 6.15. The summed E-state index contributed by atoms with van der Waals surface area (Å²) in [7, 11) is 0. The number of aromatic nitrogens is 1. The molecule has 0 bridgehead atoms. The van der Waals surface area contributed by atoms with Gasteiger partial charge in [-0.05, 0) is 56.6 Å². The Hall–Kier alpha value is -1.66. The number of hydrogen-bond acceptors (Lipinski definition) is 5. The van der Waals surface area contributed by atoms with E-state index >= 15 is 0 Å². The summed E-state index contributed by atoms with van der Waals surface area (Å²) in [5, 5.41) is 13.0. The zero-order valence-electron chi connectivity index (χ0n) is 15.4. The van der Waals surface area contributed by atoms with Crippen molar-refractivity contribution in [3.8, 4) is 0 Å². The number of piperidine rings is 1. The maximum Gasteiger partial charge on any atom is 0.317 e. The number of carbonyl (C=O) groups is 1. The lowest BCUT2D eigenvalue weighted by molar-refractivity contribution is -0.139. The molecule has 0 radical (unpaired) electrons. The van der Waals surface area contributed by atoms with Crippen molar-refractivity contribution in [3.63, 3.8) is 0 Å². The molecule has 0 atom stereocenters. The van der Waals surface area contributed by atoms with Gasteiger partial charge in [-0.1, -0.05) is 0 Å². The molecule has 4 rings (SSSR count). The number of nitrogens with one attached hydrogen (secondary N) is 1. The van der Waals surface area contributed by atoms with Gasteiger partial charge < -0.3 is 15.3 Å². The van der Waals surface area contributed by atoms with E-state index in [9.17, 15) is 4.79 Å². The van der Waals surface area contributed by atoms with Crippen LogP contribution in [-0.4, -0.2) is 65.3 Å². The van der Waals surface area contributed by atoms with E-state index in [1.165, 1.54) is 31.4 Å². The van der Waals surface area contributed by atoms with Crippen LogP contribution in [0.2, 0.25) is 0 Å². The van der Waals surface area contributed by atoms with E-state index < -0.39 is 5.97 Å². The van der Waals surface area contributed by atoms with Crippen LogP contribution in [0, 0.1) is 5.92 Å². The highest BCUT2D eigenvalue weighted by Gasteiger charge is 2.38. The van der Waals surface area contributed by atoms with Crippen LogP contribution < -0.4 is 10.2 Å². The van der Waals surface area contributed by atoms with Gasteiger partial charge in [0.1, 0.15) is 0 Å². The van der Waals surface area contributed by atoms with Crippen LogP contribution in [0.4, 0.5) is 5.69 Å². The van der Waals surface area contributed by atoms with Gasteiger partial charge in [-0.2, -0.15) is 0 Å². The largest absolute Gasteiger partial charge is 0.480 e. The molecule has 6 heteroatoms. The fourth-order valence-corrected chi connectivity index (χ4v) is 4.36. The molecule has 1 aromatic rings. The number of rotatable bonds is 8. The summed E-state index contributed by atoms with van der Waals surface area (Å²) in [5.74, 6) is 0.0596. The maximum absolute atomic E-state index is 11.1. The van der Waals surface area contributed by atoms with Crippen molar-refractivity contribution in [1.29, 1.82) is 0 Å². The minimum atomic E-state index is -0.689. The highest BCUT2D eigenvalue weighted by atomic mass is 16.4. The third kappa shape index (κ3) is 4.54. The molecule has 3 aliphatic rings. The lowest BCUT2D eigenvalue weighted by Crippen LogP contribution is -2.57. The van der Waals surface area contributed by atoms with Crippen molar-refractivity contribution >= 4 is 11.7 Å². The second kappa shape index (κ2) is 7.92. The Labute approximate surface area is 155 Å². The Balaban J connectivity index is 1.19. The number of pyridine rings is 1. The van der Waals surface area contributed by atoms with Crippen LogP contribution in [-0.2, 0) is 4.79 Å². The summed E-state index contributed by atoms with van der Waals surface area (Å²) >= 11 is 0. The van der Waals surface area contributed by atoms with E-state index in [1.807, 2.05) is 12.4 Å². The minimum absolute atomic E-state index is 0.207. The van der Waals surface area contributed by atoms with E-state index in [0.29, 0.717) is 18.1 Å². The average molecular weight is 358 g/mol. The Morgan fingerprint density at radius 1 is 1.15 bits per heavy atom. The van der Waals surface area contributed by atoms with Gasteiger partial charge in [0, 0.05) is 55.8 Å². The van der Waals surface area contributed by atoms with Gasteiger partial charge in [0.05, 0.1) is 6.54 Å². The molecule has 0 aromatic carbocycles. The highest BCUT2D eigenvalue weighted by molar-refractivity contribution is 5.69. The zero-order chi connectivity index (χ0) is 17.9. The standard InChI is InChI=1S/C20H30N4O2/c25-20(26)14-24(13-15-1-2-15)19-11-17(12-19)22-16-5-9-23(10-6-16)18-3-7-21-8-4-18/h3-4,7-8,15-17,19,22H,1-2,5-6,9-14H2,(H,25,26). The Bertz CT molecular complexity index is 593. The van der Waals surface area contributed by atoms with Gasteiger partial charge in [0.15, 0.2) is 0 Å². The van der Waals surface area contributed by atoms with Gasteiger partial charge in [-0.3, -0.25) is 14.7 Å². The van der Waals surface area contributed by atoms with Crippen LogP contribution in [0.1, 0.15) is 38.5 Å². The molecular formula is C20H30N4O2. The molecular weight excluding hydrogens is 328 g/mol. The molecule has 2 aliphatic carbocycles. The zero-order valence-corrected chi connectivity index (χ0v) is 15.4. The molecule has 26 heavy (non-hydrogen) atoms. The number of aliphatic carboxylic acids is 1. The van der Waals surface area contributed by atoms with Crippen molar-refractivity contribution < 1.29 is 9.90 Å². The summed E-state index contributed by atoms with van der Waals surface area (Å²) in [6, 6.07) is 5.78. The molecule has 142 valence electrons. The van der Waals surface area contributed by atoms with Crippen molar-refractivity contribution in [2.24, 2.45) is 5.92 Å². The molecule has 1 saturated heterocycles. The van der Waals surface area contributed by atoms with E-state index in [1.54, 1.807) is 0 Å². The van der Waals surface area contributed by atoms with Gasteiger partial charge in [0.2, 0.25) is 0 Å². The lowest BCUT2D eigenvalue weighted by atomic mass is 9.84. The minimum Gasteiger partial charge on any atom is -0.480 e. The van der Waals surface area contributed by atoms with Crippen molar-refractivity contribution in [2.75, 3.05) is 31.1 Å². The molecule has 2 N–H and O–H groups in total. The van der Waals surface area contributed by atoms with E-state index in [2.05, 4.69) is 32.2 Å². The molecule has 2 heterocycles. The first kappa shape index (κ1) is 17.7.